The van der Waals surface area contributed by atoms with Gasteiger partial charge in [0.25, 0.3) is 0 Å². The lowest BCUT2D eigenvalue weighted by molar-refractivity contribution is 1.03. The molecule has 0 atom stereocenters. The Morgan fingerprint density at radius 2 is 2.00 bits per heavy atom. The molecule has 0 aliphatic carbocycles. The molecule has 0 saturated heterocycles. The van der Waals surface area contributed by atoms with E-state index in [4.69, 9.17) is 0 Å². The molecule has 0 aliphatic heterocycles. The van der Waals surface area contributed by atoms with Gasteiger partial charge in [0.1, 0.15) is 5.82 Å². The van der Waals surface area contributed by atoms with Crippen LogP contribution in [0, 0.1) is 13.8 Å². The Hall–Kier alpha value is -2.23. The molecule has 0 fully saturated rings. The second-order valence-electron chi connectivity index (χ2n) is 4.19. The van der Waals surface area contributed by atoms with Crippen molar-refractivity contribution in [2.24, 2.45) is 0 Å². The molecule has 2 aromatic heterocycles. The van der Waals surface area contributed by atoms with Crippen LogP contribution >= 0.6 is 0 Å². The molecule has 3 rings (SSSR count). The molecule has 0 saturated carbocycles. The second kappa shape index (κ2) is 3.66. The van der Waals surface area contributed by atoms with Crippen molar-refractivity contribution in [3.8, 4) is 11.4 Å². The highest BCUT2D eigenvalue weighted by Crippen LogP contribution is 2.22. The zero-order chi connectivity index (χ0) is 11.8. The van der Waals surface area contributed by atoms with Crippen LogP contribution < -0.4 is 0 Å². The first-order valence-electron chi connectivity index (χ1n) is 5.48. The quantitative estimate of drug-likeness (QED) is 0.691. The maximum atomic E-state index is 4.60. The standard InChI is InChI=1S/C13H12N4/c1-8-5-9(2)12-11(6-8)16-13(17-12)10-3-4-14-15-7-10/h3-7H,1-2H3,(H,16,17). The fraction of sp³-hybridized carbons (Fsp3) is 0.154. The van der Waals surface area contributed by atoms with Gasteiger partial charge in [0, 0.05) is 5.56 Å². The van der Waals surface area contributed by atoms with Crippen molar-refractivity contribution in [2.45, 2.75) is 13.8 Å². The highest BCUT2D eigenvalue weighted by atomic mass is 15.1. The lowest BCUT2D eigenvalue weighted by Crippen LogP contribution is -1.83. The predicted molar refractivity (Wildman–Crippen MR) is 66.6 cm³/mol. The fourth-order valence-electron chi connectivity index (χ4n) is 2.04. The van der Waals surface area contributed by atoms with Crippen LogP contribution in [0.2, 0.25) is 0 Å². The number of nitrogens with zero attached hydrogens (tertiary/aromatic N) is 3. The van der Waals surface area contributed by atoms with Crippen molar-refractivity contribution in [1.82, 2.24) is 20.2 Å². The maximum absolute atomic E-state index is 4.60. The highest BCUT2D eigenvalue weighted by Gasteiger charge is 2.07. The zero-order valence-corrected chi connectivity index (χ0v) is 9.73. The number of H-pyrrole nitrogens is 1. The number of hydrogen-bond donors (Lipinski definition) is 1. The van der Waals surface area contributed by atoms with E-state index < -0.39 is 0 Å². The summed E-state index contributed by atoms with van der Waals surface area (Å²) in [5.74, 6) is 0.837. The van der Waals surface area contributed by atoms with Crippen molar-refractivity contribution >= 4 is 11.0 Å². The summed E-state index contributed by atoms with van der Waals surface area (Å²) < 4.78 is 0. The van der Waals surface area contributed by atoms with Crippen molar-refractivity contribution in [2.75, 3.05) is 0 Å². The van der Waals surface area contributed by atoms with Crippen LogP contribution in [0.15, 0.2) is 30.6 Å². The number of hydrogen-bond acceptors (Lipinski definition) is 3. The molecule has 0 unspecified atom stereocenters. The van der Waals surface area contributed by atoms with Gasteiger partial charge in [-0.1, -0.05) is 6.07 Å². The SMILES string of the molecule is Cc1cc(C)c2nc(-c3ccnnc3)[nH]c2c1. The number of nitrogens with one attached hydrogen (secondary N) is 1. The van der Waals surface area contributed by atoms with Crippen LogP contribution in [0.25, 0.3) is 22.4 Å². The molecule has 84 valence electrons. The molecular formula is C13H12N4. The molecule has 17 heavy (non-hydrogen) atoms. The first-order valence-corrected chi connectivity index (χ1v) is 5.48. The number of aryl methyl sites for hydroxylation is 2. The molecule has 0 bridgehead atoms. The largest absolute Gasteiger partial charge is 0.338 e. The van der Waals surface area contributed by atoms with Gasteiger partial charge in [-0.2, -0.15) is 10.2 Å². The van der Waals surface area contributed by atoms with Gasteiger partial charge in [0.2, 0.25) is 0 Å². The molecule has 1 N–H and O–H groups in total. The zero-order valence-electron chi connectivity index (χ0n) is 9.73. The van der Waals surface area contributed by atoms with Gasteiger partial charge in [-0.3, -0.25) is 0 Å². The van der Waals surface area contributed by atoms with E-state index >= 15 is 0 Å². The topological polar surface area (TPSA) is 54.5 Å². The minimum Gasteiger partial charge on any atom is -0.338 e. The summed E-state index contributed by atoms with van der Waals surface area (Å²) >= 11 is 0. The van der Waals surface area contributed by atoms with Gasteiger partial charge in [0.05, 0.1) is 23.4 Å². The number of aromatic amines is 1. The summed E-state index contributed by atoms with van der Waals surface area (Å²) in [6.45, 7) is 4.16. The van der Waals surface area contributed by atoms with E-state index in [1.165, 1.54) is 11.1 Å². The van der Waals surface area contributed by atoms with Crippen LogP contribution in [0.1, 0.15) is 11.1 Å². The molecule has 2 heterocycles. The Kier molecular flexibility index (Phi) is 2.14. The van der Waals surface area contributed by atoms with E-state index in [-0.39, 0.29) is 0 Å². The average Bonchev–Trinajstić information content (AvgIpc) is 2.74. The normalized spacial score (nSPS) is 10.9. The summed E-state index contributed by atoms with van der Waals surface area (Å²) in [5, 5.41) is 7.63. The highest BCUT2D eigenvalue weighted by molar-refractivity contribution is 5.82. The van der Waals surface area contributed by atoms with Crippen LogP contribution in [0.5, 0.6) is 0 Å². The smallest absolute Gasteiger partial charge is 0.140 e. The van der Waals surface area contributed by atoms with E-state index in [1.54, 1.807) is 12.4 Å². The van der Waals surface area contributed by atoms with Crippen LogP contribution in [0.3, 0.4) is 0 Å². The minimum atomic E-state index is 0.837. The van der Waals surface area contributed by atoms with Gasteiger partial charge in [-0.15, -0.1) is 0 Å². The Labute approximate surface area is 98.7 Å². The summed E-state index contributed by atoms with van der Waals surface area (Å²) in [4.78, 5) is 7.91. The lowest BCUT2D eigenvalue weighted by Gasteiger charge is -1.96. The summed E-state index contributed by atoms with van der Waals surface area (Å²) in [6, 6.07) is 6.14. The third-order valence-corrected chi connectivity index (χ3v) is 2.78. The second-order valence-corrected chi connectivity index (χ2v) is 4.19. The van der Waals surface area contributed by atoms with Crippen LogP contribution in [-0.2, 0) is 0 Å². The molecule has 3 aromatic rings. The molecule has 0 radical (unpaired) electrons. The number of rotatable bonds is 1. The summed E-state index contributed by atoms with van der Waals surface area (Å²) in [6.07, 6.45) is 3.38. The molecule has 4 heteroatoms. The third kappa shape index (κ3) is 1.67. The Morgan fingerprint density at radius 3 is 2.76 bits per heavy atom. The Morgan fingerprint density at radius 1 is 1.12 bits per heavy atom. The molecule has 4 nitrogen and oxygen atoms in total. The first kappa shape index (κ1) is 9.96. The molecule has 1 aromatic carbocycles. The van der Waals surface area contributed by atoms with E-state index in [0.717, 1.165) is 22.4 Å². The lowest BCUT2D eigenvalue weighted by atomic mass is 10.1. The van der Waals surface area contributed by atoms with Crippen LogP contribution in [0.4, 0.5) is 0 Å². The van der Waals surface area contributed by atoms with Gasteiger partial charge in [0.15, 0.2) is 0 Å². The number of benzene rings is 1. The number of aromatic nitrogens is 4. The van der Waals surface area contributed by atoms with Gasteiger partial charge < -0.3 is 4.98 Å². The van der Waals surface area contributed by atoms with Crippen molar-refractivity contribution < 1.29 is 0 Å². The maximum Gasteiger partial charge on any atom is 0.140 e. The monoisotopic (exact) mass is 224 g/mol. The summed E-state index contributed by atoms with van der Waals surface area (Å²) in [7, 11) is 0. The van der Waals surface area contributed by atoms with Gasteiger partial charge in [-0.05, 0) is 37.1 Å². The minimum absolute atomic E-state index is 0.837. The predicted octanol–water partition coefficient (Wildman–Crippen LogP) is 2.64. The molecule has 0 spiro atoms. The van der Waals surface area contributed by atoms with Crippen molar-refractivity contribution in [3.63, 3.8) is 0 Å². The first-order chi connectivity index (χ1) is 8.24. The van der Waals surface area contributed by atoms with Gasteiger partial charge in [-0.25, -0.2) is 4.98 Å². The average molecular weight is 224 g/mol. The molecule has 0 amide bonds. The van der Waals surface area contributed by atoms with E-state index in [9.17, 15) is 0 Å². The van der Waals surface area contributed by atoms with Crippen LogP contribution in [-0.4, -0.2) is 20.2 Å². The summed E-state index contributed by atoms with van der Waals surface area (Å²) in [5.41, 5.74) is 5.45. The Bertz CT molecular complexity index is 670. The van der Waals surface area contributed by atoms with E-state index in [0.29, 0.717) is 0 Å². The number of fused-ring (bicyclic) bond motifs is 1. The Balaban J connectivity index is 2.24. The van der Waals surface area contributed by atoms with Crippen molar-refractivity contribution in [3.05, 3.63) is 41.7 Å². The fourth-order valence-corrected chi connectivity index (χ4v) is 2.04. The van der Waals surface area contributed by atoms with Crippen molar-refractivity contribution in [1.29, 1.82) is 0 Å². The number of imidazole rings is 1. The van der Waals surface area contributed by atoms with E-state index in [1.807, 2.05) is 6.07 Å². The van der Waals surface area contributed by atoms with Gasteiger partial charge >= 0.3 is 0 Å². The third-order valence-electron chi connectivity index (χ3n) is 2.78. The molecular weight excluding hydrogens is 212 g/mol. The molecule has 0 aliphatic rings. The van der Waals surface area contributed by atoms with E-state index in [2.05, 4.69) is 46.1 Å².